The largest absolute Gasteiger partial charge is 0.462 e. The predicted molar refractivity (Wildman–Crippen MR) is 302 cm³/mol. The number of ether oxygens (including phenoxy) is 3. The van der Waals surface area contributed by atoms with E-state index in [1.807, 2.05) is 24.3 Å². The molecule has 0 saturated heterocycles. The highest BCUT2D eigenvalue weighted by molar-refractivity contribution is 5.71. The van der Waals surface area contributed by atoms with E-state index in [9.17, 15) is 14.4 Å². The standard InChI is InChI=1S/C64H104O6/c1-4-7-10-13-16-19-22-25-28-31-34-36-39-42-45-48-51-54-57-63(66)69-60-61(70-64(67)58-55-52-49-46-43-40-37-33-30-27-24-21-18-15-12-9-6-3)59-68-62(65)56-53-50-47-44-41-38-35-32-29-26-23-20-17-14-11-8-5-2/h10,13,16-17,19-20,22,25-31,34,36-37,40,46,49,61H,4-9,11-12,14-15,18,21,23-24,32-33,35,38-39,41-45,47-48,50-60H2,1-3H3/b13-10-,19-16-,20-17-,25-22-,29-26-,30-27-,31-28-,36-34-,40-37-,49-46-. The van der Waals surface area contributed by atoms with Gasteiger partial charge in [-0.1, -0.05) is 245 Å². The molecular formula is C64H104O6. The van der Waals surface area contributed by atoms with Crippen molar-refractivity contribution in [2.45, 2.75) is 252 Å². The fraction of sp³-hybridized carbons (Fsp3) is 0.641. The second-order valence-corrected chi connectivity index (χ2v) is 18.6. The SMILES string of the molecule is CCC\C=C/C=C\C=C/C=C\C=C/CCCCCCCC(=O)OCC(COC(=O)CCCCCCCCC/C=C\C/C=C\CCCCC)OC(=O)CCC/C=C\C/C=C\C/C=C\CCCCCCCC. The Morgan fingerprint density at radius 3 is 1.06 bits per heavy atom. The molecule has 0 rings (SSSR count). The molecule has 0 heterocycles. The summed E-state index contributed by atoms with van der Waals surface area (Å²) in [6.07, 6.45) is 78.9. The predicted octanol–water partition coefficient (Wildman–Crippen LogP) is 19.3. The van der Waals surface area contributed by atoms with E-state index in [0.717, 1.165) is 96.3 Å². The molecule has 0 radical (unpaired) electrons. The Morgan fingerprint density at radius 2 is 0.614 bits per heavy atom. The van der Waals surface area contributed by atoms with Crippen molar-refractivity contribution in [3.8, 4) is 0 Å². The molecule has 0 N–H and O–H groups in total. The van der Waals surface area contributed by atoms with Gasteiger partial charge < -0.3 is 14.2 Å². The molecular weight excluding hydrogens is 865 g/mol. The van der Waals surface area contributed by atoms with E-state index >= 15 is 0 Å². The third kappa shape index (κ3) is 54.7. The van der Waals surface area contributed by atoms with Crippen LogP contribution in [0.15, 0.2) is 122 Å². The minimum atomic E-state index is -0.823. The lowest BCUT2D eigenvalue weighted by Gasteiger charge is -2.18. The van der Waals surface area contributed by atoms with E-state index in [1.165, 1.54) is 103 Å². The molecule has 0 aromatic rings. The highest BCUT2D eigenvalue weighted by Crippen LogP contribution is 2.13. The Labute approximate surface area is 431 Å². The van der Waals surface area contributed by atoms with Gasteiger partial charge in [-0.3, -0.25) is 14.4 Å². The van der Waals surface area contributed by atoms with Crippen LogP contribution in [-0.2, 0) is 28.6 Å². The first kappa shape index (κ1) is 65.8. The van der Waals surface area contributed by atoms with Crippen LogP contribution in [-0.4, -0.2) is 37.2 Å². The van der Waals surface area contributed by atoms with Gasteiger partial charge in [0.1, 0.15) is 13.2 Å². The van der Waals surface area contributed by atoms with Crippen LogP contribution in [0.25, 0.3) is 0 Å². The first-order valence-electron chi connectivity index (χ1n) is 28.6. The summed E-state index contributed by atoms with van der Waals surface area (Å²) in [5.74, 6) is -1.00. The van der Waals surface area contributed by atoms with Crippen molar-refractivity contribution in [2.24, 2.45) is 0 Å². The number of carbonyl (C=O) groups is 3. The van der Waals surface area contributed by atoms with Crippen molar-refractivity contribution in [3.05, 3.63) is 122 Å². The maximum Gasteiger partial charge on any atom is 0.306 e. The lowest BCUT2D eigenvalue weighted by atomic mass is 10.1. The highest BCUT2D eigenvalue weighted by atomic mass is 16.6. The molecule has 1 unspecified atom stereocenters. The van der Waals surface area contributed by atoms with Crippen LogP contribution in [0.5, 0.6) is 0 Å². The molecule has 6 nitrogen and oxygen atoms in total. The average Bonchev–Trinajstić information content (AvgIpc) is 3.36. The molecule has 0 aromatic heterocycles. The van der Waals surface area contributed by atoms with Crippen LogP contribution in [0.2, 0.25) is 0 Å². The molecule has 0 aromatic carbocycles. The molecule has 0 fully saturated rings. The van der Waals surface area contributed by atoms with Gasteiger partial charge in [0.15, 0.2) is 6.10 Å². The molecule has 0 spiro atoms. The van der Waals surface area contributed by atoms with E-state index in [-0.39, 0.29) is 37.5 Å². The van der Waals surface area contributed by atoms with Gasteiger partial charge in [0, 0.05) is 19.3 Å². The zero-order valence-electron chi connectivity index (χ0n) is 45.2. The van der Waals surface area contributed by atoms with Gasteiger partial charge in [-0.05, 0) is 103 Å². The normalized spacial score (nSPS) is 13.0. The summed E-state index contributed by atoms with van der Waals surface area (Å²) in [5, 5.41) is 0. The summed E-state index contributed by atoms with van der Waals surface area (Å²) >= 11 is 0. The van der Waals surface area contributed by atoms with Crippen molar-refractivity contribution < 1.29 is 28.6 Å². The summed E-state index contributed by atoms with van der Waals surface area (Å²) in [5.41, 5.74) is 0. The van der Waals surface area contributed by atoms with Gasteiger partial charge in [-0.15, -0.1) is 0 Å². The van der Waals surface area contributed by atoms with E-state index in [0.29, 0.717) is 19.3 Å². The van der Waals surface area contributed by atoms with Gasteiger partial charge in [0.25, 0.3) is 0 Å². The molecule has 0 amide bonds. The number of hydrogen-bond donors (Lipinski definition) is 0. The first-order chi connectivity index (χ1) is 34.5. The second kappa shape index (κ2) is 57.4. The quantitative estimate of drug-likeness (QED) is 0.0199. The van der Waals surface area contributed by atoms with Crippen molar-refractivity contribution in [1.29, 1.82) is 0 Å². The Kier molecular flexibility index (Phi) is 54.0. The van der Waals surface area contributed by atoms with Gasteiger partial charge in [0.05, 0.1) is 0 Å². The maximum absolute atomic E-state index is 12.8. The Bertz CT molecular complexity index is 1490. The molecule has 6 heteroatoms. The van der Waals surface area contributed by atoms with Crippen molar-refractivity contribution in [1.82, 2.24) is 0 Å². The molecule has 0 bridgehead atoms. The molecule has 1 atom stereocenters. The number of rotatable bonds is 50. The zero-order valence-corrected chi connectivity index (χ0v) is 45.2. The average molecular weight is 970 g/mol. The van der Waals surface area contributed by atoms with Gasteiger partial charge in [0.2, 0.25) is 0 Å². The van der Waals surface area contributed by atoms with Crippen LogP contribution >= 0.6 is 0 Å². The lowest BCUT2D eigenvalue weighted by Crippen LogP contribution is -2.30. The third-order valence-corrected chi connectivity index (χ3v) is 11.8. The van der Waals surface area contributed by atoms with Crippen LogP contribution in [0.1, 0.15) is 245 Å². The zero-order chi connectivity index (χ0) is 50.7. The van der Waals surface area contributed by atoms with Gasteiger partial charge in [-0.25, -0.2) is 0 Å². The molecule has 0 aliphatic heterocycles. The first-order valence-corrected chi connectivity index (χ1v) is 28.6. The van der Waals surface area contributed by atoms with Crippen LogP contribution < -0.4 is 0 Å². The minimum absolute atomic E-state index is 0.114. The summed E-state index contributed by atoms with van der Waals surface area (Å²) < 4.78 is 16.8. The molecule has 0 saturated carbocycles. The summed E-state index contributed by atoms with van der Waals surface area (Å²) in [7, 11) is 0. The highest BCUT2D eigenvalue weighted by Gasteiger charge is 2.19. The van der Waals surface area contributed by atoms with E-state index in [1.54, 1.807) is 0 Å². The Morgan fingerprint density at radius 1 is 0.300 bits per heavy atom. The van der Waals surface area contributed by atoms with E-state index in [4.69, 9.17) is 14.2 Å². The lowest BCUT2D eigenvalue weighted by molar-refractivity contribution is -0.167. The third-order valence-electron chi connectivity index (χ3n) is 11.8. The maximum atomic E-state index is 12.8. The number of allylic oxidation sites excluding steroid dienone is 20. The number of hydrogen-bond acceptors (Lipinski definition) is 6. The fourth-order valence-corrected chi connectivity index (χ4v) is 7.46. The number of esters is 3. The van der Waals surface area contributed by atoms with Crippen molar-refractivity contribution >= 4 is 17.9 Å². The summed E-state index contributed by atoms with van der Waals surface area (Å²) in [4.78, 5) is 38.2. The second-order valence-electron chi connectivity index (χ2n) is 18.6. The Balaban J connectivity index is 4.55. The number of carbonyl (C=O) groups excluding carboxylic acids is 3. The van der Waals surface area contributed by atoms with Crippen LogP contribution in [0, 0.1) is 0 Å². The van der Waals surface area contributed by atoms with Crippen molar-refractivity contribution in [2.75, 3.05) is 13.2 Å². The molecule has 396 valence electrons. The van der Waals surface area contributed by atoms with Gasteiger partial charge >= 0.3 is 17.9 Å². The molecule has 70 heavy (non-hydrogen) atoms. The summed E-state index contributed by atoms with van der Waals surface area (Å²) in [6, 6.07) is 0. The fourth-order valence-electron chi connectivity index (χ4n) is 7.46. The summed E-state index contributed by atoms with van der Waals surface area (Å²) in [6.45, 7) is 6.45. The van der Waals surface area contributed by atoms with E-state index < -0.39 is 6.10 Å². The Hall–Kier alpha value is -4.19. The van der Waals surface area contributed by atoms with Crippen LogP contribution in [0.3, 0.4) is 0 Å². The van der Waals surface area contributed by atoms with Crippen LogP contribution in [0.4, 0.5) is 0 Å². The minimum Gasteiger partial charge on any atom is -0.462 e. The monoisotopic (exact) mass is 969 g/mol. The smallest absolute Gasteiger partial charge is 0.306 e. The topological polar surface area (TPSA) is 78.9 Å². The molecule has 0 aliphatic rings. The molecule has 0 aliphatic carbocycles. The van der Waals surface area contributed by atoms with Gasteiger partial charge in [-0.2, -0.15) is 0 Å². The number of unbranched alkanes of at least 4 members (excludes halogenated alkanes) is 23. The van der Waals surface area contributed by atoms with E-state index in [2.05, 4.69) is 118 Å². The van der Waals surface area contributed by atoms with Crippen molar-refractivity contribution in [3.63, 3.8) is 0 Å².